The van der Waals surface area contributed by atoms with Crippen molar-refractivity contribution in [2.24, 2.45) is 0 Å². The Morgan fingerprint density at radius 1 is 1.18 bits per heavy atom. The van der Waals surface area contributed by atoms with Crippen molar-refractivity contribution in [2.75, 3.05) is 37.9 Å². The Bertz CT molecular complexity index is 1090. The number of rotatable bonds is 10. The fourth-order valence-electron chi connectivity index (χ4n) is 3.79. The van der Waals surface area contributed by atoms with E-state index >= 15 is 0 Å². The van der Waals surface area contributed by atoms with Crippen molar-refractivity contribution >= 4 is 38.1 Å². The number of nitrogens with zero attached hydrogens (tertiary/aromatic N) is 1. The molecule has 1 aliphatic heterocycles. The van der Waals surface area contributed by atoms with Crippen molar-refractivity contribution in [1.29, 1.82) is 0 Å². The van der Waals surface area contributed by atoms with E-state index in [0.717, 1.165) is 36.5 Å². The molecule has 180 valence electrons. The topological polar surface area (TPSA) is 102 Å². The smallest absolute Gasteiger partial charge is 0.341 e. The number of anilines is 1. The van der Waals surface area contributed by atoms with E-state index in [-0.39, 0.29) is 23.7 Å². The maximum absolute atomic E-state index is 12.7. The molecule has 8 nitrogen and oxygen atoms in total. The quantitative estimate of drug-likeness (QED) is 0.504. The molecule has 0 unspecified atom stereocenters. The molecule has 0 radical (unpaired) electrons. The maximum Gasteiger partial charge on any atom is 0.341 e. The molecule has 2 heterocycles. The largest absolute Gasteiger partial charge is 0.497 e. The number of sulfone groups is 1. The van der Waals surface area contributed by atoms with Crippen molar-refractivity contribution < 1.29 is 27.5 Å². The molecular formula is C23H30N2O6S2. The number of amides is 1. The Morgan fingerprint density at radius 2 is 1.91 bits per heavy atom. The van der Waals surface area contributed by atoms with Gasteiger partial charge in [-0.05, 0) is 56.1 Å². The number of carbonyl (C=O) groups is 2. The molecule has 0 fully saturated rings. The van der Waals surface area contributed by atoms with Crippen molar-refractivity contribution in [3.05, 3.63) is 40.3 Å². The van der Waals surface area contributed by atoms with Crippen molar-refractivity contribution in [3.63, 3.8) is 0 Å². The molecule has 0 aliphatic carbocycles. The van der Waals surface area contributed by atoms with Crippen LogP contribution in [-0.4, -0.2) is 57.8 Å². The van der Waals surface area contributed by atoms with Crippen molar-refractivity contribution in [3.8, 4) is 5.75 Å². The van der Waals surface area contributed by atoms with E-state index in [2.05, 4.69) is 17.1 Å². The summed E-state index contributed by atoms with van der Waals surface area (Å²) in [6.07, 6.45) is 1.53. The first-order chi connectivity index (χ1) is 15.8. The molecule has 1 N–H and O–H groups in total. The third kappa shape index (κ3) is 6.13. The van der Waals surface area contributed by atoms with Crippen LogP contribution in [0, 0.1) is 0 Å². The summed E-state index contributed by atoms with van der Waals surface area (Å²) in [6, 6.07) is 6.05. The van der Waals surface area contributed by atoms with Gasteiger partial charge < -0.3 is 14.8 Å². The summed E-state index contributed by atoms with van der Waals surface area (Å²) in [4.78, 5) is 28.8. The number of hydrogen-bond acceptors (Lipinski definition) is 8. The van der Waals surface area contributed by atoms with Gasteiger partial charge in [0.05, 0.1) is 29.9 Å². The lowest BCUT2D eigenvalue weighted by molar-refractivity contribution is -0.115. The molecule has 33 heavy (non-hydrogen) atoms. The molecule has 0 bridgehead atoms. The fourth-order valence-corrected chi connectivity index (χ4v) is 6.32. The zero-order valence-corrected chi connectivity index (χ0v) is 20.8. The number of benzene rings is 1. The lowest BCUT2D eigenvalue weighted by Crippen LogP contribution is -2.30. The number of fused-ring (bicyclic) bond motifs is 1. The normalized spacial score (nSPS) is 13.9. The van der Waals surface area contributed by atoms with Crippen molar-refractivity contribution in [2.45, 2.75) is 44.6 Å². The van der Waals surface area contributed by atoms with Gasteiger partial charge in [-0.2, -0.15) is 0 Å². The molecular weight excluding hydrogens is 464 g/mol. The zero-order chi connectivity index (χ0) is 24.0. The zero-order valence-electron chi connectivity index (χ0n) is 19.2. The molecule has 0 saturated heterocycles. The number of hydrogen-bond donors (Lipinski definition) is 1. The first kappa shape index (κ1) is 25.2. The minimum atomic E-state index is -3.63. The molecule has 10 heteroatoms. The van der Waals surface area contributed by atoms with E-state index in [4.69, 9.17) is 9.47 Å². The second kappa shape index (κ2) is 11.1. The first-order valence-electron chi connectivity index (χ1n) is 11.0. The average Bonchev–Trinajstić information content (AvgIpc) is 3.15. The van der Waals surface area contributed by atoms with Crippen LogP contribution >= 0.6 is 11.3 Å². The van der Waals surface area contributed by atoms with Crippen LogP contribution in [-0.2, 0) is 32.3 Å². The van der Waals surface area contributed by atoms with Crippen LogP contribution in [0.3, 0.4) is 0 Å². The molecule has 0 saturated carbocycles. The van der Waals surface area contributed by atoms with Crippen LogP contribution < -0.4 is 10.1 Å². The van der Waals surface area contributed by atoms with Gasteiger partial charge in [0.25, 0.3) is 0 Å². The summed E-state index contributed by atoms with van der Waals surface area (Å²) in [5.41, 5.74) is 1.33. The average molecular weight is 495 g/mol. The summed E-state index contributed by atoms with van der Waals surface area (Å²) in [5.74, 6) is -0.700. The van der Waals surface area contributed by atoms with Crippen LogP contribution in [0.15, 0.2) is 29.2 Å². The standard InChI is InChI=1S/C23H30N2O6S2/c1-4-12-25-13-10-18-19(15-25)32-22(21(18)23(27)31-5-2)24-20(26)11-14-33(28,29)17-8-6-16(30-3)7-9-17/h6-9H,4-5,10-15H2,1-3H3,(H,24,26). The summed E-state index contributed by atoms with van der Waals surface area (Å²) in [6.45, 7) is 6.64. The molecule has 0 atom stereocenters. The third-order valence-corrected chi connectivity index (χ3v) is 8.29. The van der Waals surface area contributed by atoms with Crippen molar-refractivity contribution in [1.82, 2.24) is 4.90 Å². The molecule has 1 aliphatic rings. The lowest BCUT2D eigenvalue weighted by atomic mass is 10.0. The summed E-state index contributed by atoms with van der Waals surface area (Å²) < 4.78 is 35.5. The SMILES string of the molecule is CCCN1CCc2c(sc(NC(=O)CCS(=O)(=O)c3ccc(OC)cc3)c2C(=O)OCC)C1. The first-order valence-corrected chi connectivity index (χ1v) is 13.5. The van der Waals surface area contributed by atoms with Gasteiger partial charge in [-0.1, -0.05) is 6.92 Å². The number of ether oxygens (including phenoxy) is 2. The van der Waals surface area contributed by atoms with Crippen LogP contribution in [0.1, 0.15) is 47.5 Å². The minimum Gasteiger partial charge on any atom is -0.497 e. The lowest BCUT2D eigenvalue weighted by Gasteiger charge is -2.26. The Kier molecular flexibility index (Phi) is 8.50. The van der Waals surface area contributed by atoms with E-state index < -0.39 is 21.7 Å². The van der Waals surface area contributed by atoms with Gasteiger partial charge in [-0.15, -0.1) is 11.3 Å². The van der Waals surface area contributed by atoms with Crippen LogP contribution in [0.2, 0.25) is 0 Å². The Morgan fingerprint density at radius 3 is 2.55 bits per heavy atom. The van der Waals surface area contributed by atoms with Gasteiger partial charge in [-0.25, -0.2) is 13.2 Å². The van der Waals surface area contributed by atoms with Crippen LogP contribution in [0.4, 0.5) is 5.00 Å². The summed E-state index contributed by atoms with van der Waals surface area (Å²) in [5, 5.41) is 3.21. The molecule has 2 aromatic rings. The van der Waals surface area contributed by atoms with Gasteiger partial charge in [-0.3, -0.25) is 9.69 Å². The van der Waals surface area contributed by atoms with E-state index in [9.17, 15) is 18.0 Å². The number of esters is 1. The Hall–Kier alpha value is -2.43. The van der Waals surface area contributed by atoms with Crippen LogP contribution in [0.5, 0.6) is 5.75 Å². The molecule has 1 aromatic carbocycles. The van der Waals surface area contributed by atoms with E-state index in [1.807, 2.05) is 0 Å². The van der Waals surface area contributed by atoms with Gasteiger partial charge in [0.2, 0.25) is 5.91 Å². The second-order valence-corrected chi connectivity index (χ2v) is 11.0. The van der Waals surface area contributed by atoms with E-state index in [0.29, 0.717) is 22.7 Å². The highest BCUT2D eigenvalue weighted by Crippen LogP contribution is 2.37. The number of thiophene rings is 1. The van der Waals surface area contributed by atoms with Gasteiger partial charge >= 0.3 is 5.97 Å². The Labute approximate surface area is 198 Å². The fraction of sp³-hybridized carbons (Fsp3) is 0.478. The van der Waals surface area contributed by atoms with E-state index in [1.165, 1.54) is 30.6 Å². The van der Waals surface area contributed by atoms with Gasteiger partial charge in [0.1, 0.15) is 10.8 Å². The second-order valence-electron chi connectivity index (χ2n) is 7.75. The van der Waals surface area contributed by atoms with Gasteiger partial charge in [0.15, 0.2) is 9.84 Å². The third-order valence-electron chi connectivity index (χ3n) is 5.42. The van der Waals surface area contributed by atoms with E-state index in [1.54, 1.807) is 19.1 Å². The minimum absolute atomic E-state index is 0.130. The summed E-state index contributed by atoms with van der Waals surface area (Å²) >= 11 is 1.37. The Balaban J connectivity index is 1.73. The summed E-state index contributed by atoms with van der Waals surface area (Å²) in [7, 11) is -2.13. The van der Waals surface area contributed by atoms with Gasteiger partial charge in [0, 0.05) is 24.4 Å². The molecule has 3 rings (SSSR count). The monoisotopic (exact) mass is 494 g/mol. The molecule has 1 amide bonds. The predicted molar refractivity (Wildman–Crippen MR) is 128 cm³/mol. The highest BCUT2D eigenvalue weighted by atomic mass is 32.2. The number of nitrogens with one attached hydrogen (secondary N) is 1. The molecule has 0 spiro atoms. The van der Waals surface area contributed by atoms with Crippen LogP contribution in [0.25, 0.3) is 0 Å². The number of carbonyl (C=O) groups excluding carboxylic acids is 2. The molecule has 1 aromatic heterocycles. The highest BCUT2D eigenvalue weighted by molar-refractivity contribution is 7.91. The highest BCUT2D eigenvalue weighted by Gasteiger charge is 2.29. The number of methoxy groups -OCH3 is 1. The predicted octanol–water partition coefficient (Wildman–Crippen LogP) is 3.50. The maximum atomic E-state index is 12.7.